The highest BCUT2D eigenvalue weighted by Gasteiger charge is 2.29. The number of nitriles is 1. The molecule has 2 amide bonds. The maximum atomic E-state index is 14.2. The molecule has 1 aromatic carbocycles. The standard InChI is InChI=1S/C40H60N6O3S/c1-9-11-13-15-17-19-25-46(26-20-18-16-14-12-10-2)39-43-36(40(4,5)6)35(50-39)27-34(30(3)32(28-41)29-47)38(49)45(8)44(7)37(48)31-21-23-33(42)24-22-31/h21-24,27,29H,9-20,25-26,42H2,1-8H3/b32-30-,34-27-. The number of aldehydes is 1. The lowest BCUT2D eigenvalue weighted by molar-refractivity contribution is -0.135. The van der Waals surface area contributed by atoms with Crippen molar-refractivity contribution in [1.82, 2.24) is 15.0 Å². The lowest BCUT2D eigenvalue weighted by Gasteiger charge is -2.29. The van der Waals surface area contributed by atoms with Crippen LogP contribution in [0.4, 0.5) is 10.8 Å². The van der Waals surface area contributed by atoms with E-state index >= 15 is 0 Å². The van der Waals surface area contributed by atoms with Gasteiger partial charge in [-0.1, -0.05) is 110 Å². The Morgan fingerprint density at radius 2 is 1.40 bits per heavy atom. The van der Waals surface area contributed by atoms with Crippen molar-refractivity contribution in [2.24, 2.45) is 0 Å². The van der Waals surface area contributed by atoms with Crippen molar-refractivity contribution in [3.63, 3.8) is 0 Å². The number of rotatable bonds is 20. The maximum Gasteiger partial charge on any atom is 0.272 e. The van der Waals surface area contributed by atoms with Crippen LogP contribution in [0.15, 0.2) is 41.0 Å². The summed E-state index contributed by atoms with van der Waals surface area (Å²) in [5, 5.41) is 13.1. The van der Waals surface area contributed by atoms with Gasteiger partial charge in [0, 0.05) is 49.4 Å². The molecule has 0 spiro atoms. The average molecular weight is 705 g/mol. The first-order chi connectivity index (χ1) is 23.8. The maximum absolute atomic E-state index is 14.2. The number of aromatic nitrogens is 1. The van der Waals surface area contributed by atoms with Crippen LogP contribution >= 0.6 is 11.3 Å². The van der Waals surface area contributed by atoms with Gasteiger partial charge < -0.3 is 10.6 Å². The van der Waals surface area contributed by atoms with Gasteiger partial charge in [0.25, 0.3) is 11.8 Å². The van der Waals surface area contributed by atoms with Crippen LogP contribution in [0.3, 0.4) is 0 Å². The third-order valence-corrected chi connectivity index (χ3v) is 10.00. The number of amides is 2. The van der Waals surface area contributed by atoms with Crippen molar-refractivity contribution < 1.29 is 14.4 Å². The summed E-state index contributed by atoms with van der Waals surface area (Å²) in [6.07, 6.45) is 16.7. The highest BCUT2D eigenvalue weighted by Crippen LogP contribution is 2.37. The average Bonchev–Trinajstić information content (AvgIpc) is 3.53. The fourth-order valence-corrected chi connectivity index (χ4v) is 6.89. The van der Waals surface area contributed by atoms with Crippen molar-refractivity contribution >= 4 is 46.3 Å². The molecule has 1 heterocycles. The molecule has 0 saturated carbocycles. The van der Waals surface area contributed by atoms with Crippen LogP contribution < -0.4 is 10.6 Å². The highest BCUT2D eigenvalue weighted by molar-refractivity contribution is 7.16. The molecule has 0 bridgehead atoms. The Hall–Kier alpha value is -3.97. The number of nitrogen functional groups attached to an aromatic ring is 1. The molecule has 0 atom stereocenters. The summed E-state index contributed by atoms with van der Waals surface area (Å²) < 4.78 is 0. The smallest absolute Gasteiger partial charge is 0.272 e. The van der Waals surface area contributed by atoms with Crippen LogP contribution in [0.5, 0.6) is 0 Å². The summed E-state index contributed by atoms with van der Waals surface area (Å²) in [7, 11) is 3.00. The molecule has 274 valence electrons. The van der Waals surface area contributed by atoms with Gasteiger partial charge in [-0.25, -0.2) is 4.98 Å². The molecule has 0 aliphatic carbocycles. The van der Waals surface area contributed by atoms with Crippen LogP contribution in [-0.4, -0.2) is 60.3 Å². The van der Waals surface area contributed by atoms with E-state index in [4.69, 9.17) is 10.7 Å². The van der Waals surface area contributed by atoms with Gasteiger partial charge >= 0.3 is 0 Å². The van der Waals surface area contributed by atoms with E-state index in [0.717, 1.165) is 41.6 Å². The van der Waals surface area contributed by atoms with E-state index in [0.29, 0.717) is 17.5 Å². The second-order valence-electron chi connectivity index (χ2n) is 14.1. The van der Waals surface area contributed by atoms with Crippen molar-refractivity contribution in [2.45, 2.75) is 124 Å². The molecule has 0 aliphatic heterocycles. The third kappa shape index (κ3) is 12.7. The normalized spacial score (nSPS) is 12.3. The summed E-state index contributed by atoms with van der Waals surface area (Å²) in [4.78, 5) is 47.9. The quantitative estimate of drug-likeness (QED) is 0.0277. The zero-order chi connectivity index (χ0) is 37.3. The van der Waals surface area contributed by atoms with E-state index in [9.17, 15) is 19.6 Å². The molecule has 50 heavy (non-hydrogen) atoms. The minimum absolute atomic E-state index is 0.146. The van der Waals surface area contributed by atoms with E-state index in [1.807, 2.05) is 6.07 Å². The molecular weight excluding hydrogens is 645 g/mol. The Balaban J connectivity index is 2.57. The largest absolute Gasteiger partial charge is 0.399 e. The number of nitrogens with zero attached hydrogens (tertiary/aromatic N) is 5. The number of anilines is 2. The van der Waals surface area contributed by atoms with Gasteiger partial charge in [-0.05, 0) is 55.7 Å². The summed E-state index contributed by atoms with van der Waals surface area (Å²) >= 11 is 1.53. The number of nitrogens with two attached hydrogens (primary N) is 1. The molecule has 2 N–H and O–H groups in total. The third-order valence-electron chi connectivity index (χ3n) is 8.93. The van der Waals surface area contributed by atoms with Gasteiger partial charge in [0.05, 0.1) is 16.1 Å². The van der Waals surface area contributed by atoms with Gasteiger partial charge in [0.1, 0.15) is 6.07 Å². The van der Waals surface area contributed by atoms with Crippen LogP contribution in [0.25, 0.3) is 6.08 Å². The molecule has 10 heteroatoms. The molecule has 0 saturated heterocycles. The van der Waals surface area contributed by atoms with Gasteiger partial charge in [0.2, 0.25) is 0 Å². The van der Waals surface area contributed by atoms with E-state index in [1.54, 1.807) is 37.3 Å². The number of likely N-dealkylation sites (N-methyl/N-ethyl adjacent to an activating group) is 1. The van der Waals surface area contributed by atoms with E-state index in [2.05, 4.69) is 39.5 Å². The Morgan fingerprint density at radius 1 is 0.880 bits per heavy atom. The zero-order valence-corrected chi connectivity index (χ0v) is 32.6. The second kappa shape index (κ2) is 21.3. The SMILES string of the molecule is CCCCCCCCN(CCCCCCCC)c1nc(C(C)(C)C)c(/C=C(C(=O)N(C)N(C)C(=O)c2ccc(N)cc2)/C(C)=C(/C#N)C=O)s1. The number of hydrogen-bond acceptors (Lipinski definition) is 8. The number of hydrazine groups is 1. The number of allylic oxidation sites excluding steroid dienone is 1. The lowest BCUT2D eigenvalue weighted by atomic mass is 9.90. The van der Waals surface area contributed by atoms with Crippen LogP contribution in [0.1, 0.15) is 140 Å². The van der Waals surface area contributed by atoms with Gasteiger partial charge in [-0.15, -0.1) is 0 Å². The Kier molecular flexibility index (Phi) is 18.0. The van der Waals surface area contributed by atoms with Crippen LogP contribution in [0, 0.1) is 11.3 Å². The minimum atomic E-state index is -0.533. The van der Waals surface area contributed by atoms with Gasteiger partial charge in [-0.3, -0.25) is 24.4 Å². The Morgan fingerprint density at radius 3 is 1.88 bits per heavy atom. The first-order valence-electron chi connectivity index (χ1n) is 18.3. The number of unbranched alkanes of at least 4 members (excludes halogenated alkanes) is 10. The Labute approximate surface area is 305 Å². The number of benzene rings is 1. The van der Waals surface area contributed by atoms with Crippen LogP contribution in [-0.2, 0) is 15.0 Å². The molecule has 1 aromatic heterocycles. The molecular formula is C40H60N6O3S. The molecule has 0 radical (unpaired) electrons. The van der Waals surface area contributed by atoms with E-state index in [-0.39, 0.29) is 22.1 Å². The predicted molar refractivity (Wildman–Crippen MR) is 208 cm³/mol. The molecule has 9 nitrogen and oxygen atoms in total. The van der Waals surface area contributed by atoms with Gasteiger partial charge in [-0.2, -0.15) is 5.26 Å². The first-order valence-corrected chi connectivity index (χ1v) is 19.1. The van der Waals surface area contributed by atoms with E-state index in [1.165, 1.54) is 99.7 Å². The topological polar surface area (TPSA) is 124 Å². The predicted octanol–water partition coefficient (Wildman–Crippen LogP) is 9.12. The molecule has 2 rings (SSSR count). The number of thiazole rings is 1. The van der Waals surface area contributed by atoms with Crippen molar-refractivity contribution in [3.8, 4) is 6.07 Å². The number of hydrogen-bond donors (Lipinski definition) is 1. The molecule has 0 fully saturated rings. The summed E-state index contributed by atoms with van der Waals surface area (Å²) in [6.45, 7) is 14.2. The van der Waals surface area contributed by atoms with Crippen LogP contribution in [0.2, 0.25) is 0 Å². The number of carbonyl (C=O) groups is 3. The molecule has 2 aromatic rings. The fourth-order valence-electron chi connectivity index (χ4n) is 5.62. The fraction of sp³-hybridized carbons (Fsp3) is 0.575. The lowest BCUT2D eigenvalue weighted by Crippen LogP contribution is -2.45. The summed E-state index contributed by atoms with van der Waals surface area (Å²) in [5.41, 5.74) is 7.40. The first kappa shape index (κ1) is 42.2. The van der Waals surface area contributed by atoms with Crippen molar-refractivity contribution in [3.05, 3.63) is 57.1 Å². The van der Waals surface area contributed by atoms with Crippen molar-refractivity contribution in [1.29, 1.82) is 5.26 Å². The minimum Gasteiger partial charge on any atom is -0.399 e. The van der Waals surface area contributed by atoms with E-state index < -0.39 is 11.8 Å². The molecule has 0 aliphatic rings. The summed E-state index contributed by atoms with van der Waals surface area (Å²) in [5.74, 6) is -0.942. The summed E-state index contributed by atoms with van der Waals surface area (Å²) in [6, 6.07) is 8.39. The Bertz CT molecular complexity index is 1480. The number of carbonyl (C=O) groups excluding carboxylic acids is 3. The monoisotopic (exact) mass is 704 g/mol. The van der Waals surface area contributed by atoms with Gasteiger partial charge in [0.15, 0.2) is 11.4 Å². The highest BCUT2D eigenvalue weighted by atomic mass is 32.1. The molecule has 0 unspecified atom stereocenters. The van der Waals surface area contributed by atoms with Crippen molar-refractivity contribution in [2.75, 3.05) is 37.8 Å². The second-order valence-corrected chi connectivity index (χ2v) is 15.1. The zero-order valence-electron chi connectivity index (χ0n) is 31.8.